The topological polar surface area (TPSA) is 181 Å². The number of anilines is 3. The monoisotopic (exact) mass is 468 g/mol. The van der Waals surface area contributed by atoms with Gasteiger partial charge in [-0.25, -0.2) is 4.79 Å². The third-order valence-electron chi connectivity index (χ3n) is 3.80. The predicted molar refractivity (Wildman–Crippen MR) is 118 cm³/mol. The number of aliphatic hydroxyl groups is 1. The molecule has 0 unspecified atom stereocenters. The highest BCUT2D eigenvalue weighted by atomic mass is 32.1. The van der Waals surface area contributed by atoms with Crippen LogP contribution in [0.25, 0.3) is 0 Å². The fourth-order valence-electron chi connectivity index (χ4n) is 2.50. The van der Waals surface area contributed by atoms with Crippen molar-refractivity contribution in [3.05, 3.63) is 34.0 Å². The van der Waals surface area contributed by atoms with E-state index in [0.29, 0.717) is 5.70 Å². The van der Waals surface area contributed by atoms with E-state index in [0.717, 1.165) is 17.6 Å². The Bertz CT molecular complexity index is 1000. The van der Waals surface area contributed by atoms with Gasteiger partial charge in [0.2, 0.25) is 16.0 Å². The molecule has 0 radical (unpaired) electrons. The molecule has 0 saturated heterocycles. The normalized spacial score (nSPS) is 11.3. The zero-order valence-electron chi connectivity index (χ0n) is 17.6. The first-order chi connectivity index (χ1) is 15.4. The van der Waals surface area contributed by atoms with Gasteiger partial charge < -0.3 is 39.8 Å². The molecule has 0 spiro atoms. The van der Waals surface area contributed by atoms with Crippen molar-refractivity contribution in [3.8, 4) is 5.75 Å². The molecule has 0 aliphatic carbocycles. The van der Waals surface area contributed by atoms with E-state index in [2.05, 4.69) is 26.1 Å². The SMILES string of the molecule is COCC(COC)Nc1cc(C(=O)Nc2nnc(N/C(=C\C=N)CO)s2)oc(=O)c1OC. The Hall–Kier alpha value is -3.33. The molecule has 2 aromatic rings. The van der Waals surface area contributed by atoms with E-state index in [9.17, 15) is 14.7 Å². The second kappa shape index (κ2) is 12.5. The van der Waals surface area contributed by atoms with Crippen LogP contribution in [0.2, 0.25) is 0 Å². The number of hydrogen-bond donors (Lipinski definition) is 5. The largest absolute Gasteiger partial charge is 0.488 e. The lowest BCUT2D eigenvalue weighted by atomic mass is 10.2. The first-order valence-corrected chi connectivity index (χ1v) is 9.96. The van der Waals surface area contributed by atoms with Gasteiger partial charge in [-0.3, -0.25) is 10.1 Å². The number of carbonyl (C=O) groups is 1. The minimum absolute atomic E-state index is 0.101. The van der Waals surface area contributed by atoms with Crippen LogP contribution in [-0.2, 0) is 9.47 Å². The number of carbonyl (C=O) groups excluding carboxylic acids is 1. The summed E-state index contributed by atoms with van der Waals surface area (Å²) >= 11 is 0.980. The van der Waals surface area contributed by atoms with E-state index in [1.807, 2.05) is 0 Å². The summed E-state index contributed by atoms with van der Waals surface area (Å²) in [4.78, 5) is 24.9. The van der Waals surface area contributed by atoms with E-state index in [1.165, 1.54) is 33.5 Å². The number of aliphatic hydroxyl groups excluding tert-OH is 1. The fourth-order valence-corrected chi connectivity index (χ4v) is 3.18. The molecule has 13 nitrogen and oxygen atoms in total. The van der Waals surface area contributed by atoms with Crippen molar-refractivity contribution in [1.29, 1.82) is 5.41 Å². The quantitative estimate of drug-likeness (QED) is 0.262. The number of amides is 1. The molecule has 14 heteroatoms. The number of nitrogens with one attached hydrogen (secondary N) is 4. The number of aromatic nitrogens is 2. The van der Waals surface area contributed by atoms with Gasteiger partial charge in [0, 0.05) is 32.2 Å². The van der Waals surface area contributed by atoms with Crippen LogP contribution in [0.1, 0.15) is 10.6 Å². The van der Waals surface area contributed by atoms with Gasteiger partial charge in [-0.15, -0.1) is 10.2 Å². The smallest absolute Gasteiger partial charge is 0.381 e. The lowest BCUT2D eigenvalue weighted by molar-refractivity contribution is 0.0991. The molecule has 2 aromatic heterocycles. The summed E-state index contributed by atoms with van der Waals surface area (Å²) in [6, 6.07) is 1.01. The molecule has 2 rings (SSSR count). The molecule has 0 atom stereocenters. The van der Waals surface area contributed by atoms with Crippen molar-refractivity contribution in [2.45, 2.75) is 6.04 Å². The van der Waals surface area contributed by atoms with Crippen LogP contribution >= 0.6 is 11.3 Å². The Kier molecular flexibility index (Phi) is 9.75. The van der Waals surface area contributed by atoms with Crippen molar-refractivity contribution in [2.75, 3.05) is 57.1 Å². The zero-order valence-corrected chi connectivity index (χ0v) is 18.4. The maximum atomic E-state index is 12.6. The molecule has 0 aliphatic heterocycles. The van der Waals surface area contributed by atoms with Crippen molar-refractivity contribution >= 4 is 39.4 Å². The highest BCUT2D eigenvalue weighted by molar-refractivity contribution is 7.19. The van der Waals surface area contributed by atoms with Crippen LogP contribution in [0.15, 0.2) is 27.1 Å². The third kappa shape index (κ3) is 6.84. The van der Waals surface area contributed by atoms with Crippen molar-refractivity contribution < 1.29 is 28.5 Å². The first-order valence-electron chi connectivity index (χ1n) is 9.14. The van der Waals surface area contributed by atoms with Crippen LogP contribution < -0.4 is 26.3 Å². The average molecular weight is 468 g/mol. The van der Waals surface area contributed by atoms with Gasteiger partial charge in [-0.2, -0.15) is 0 Å². The molecule has 1 amide bonds. The summed E-state index contributed by atoms with van der Waals surface area (Å²) < 4.78 is 20.4. The number of rotatable bonds is 13. The average Bonchev–Trinajstić information content (AvgIpc) is 3.20. The molecule has 0 aliphatic rings. The molecule has 0 fully saturated rings. The number of nitrogens with zero attached hydrogens (tertiary/aromatic N) is 2. The Morgan fingerprint density at radius 2 is 1.91 bits per heavy atom. The highest BCUT2D eigenvalue weighted by Gasteiger charge is 2.21. The molecular weight excluding hydrogens is 444 g/mol. The first kappa shape index (κ1) is 24.9. The number of hydrogen-bond acceptors (Lipinski definition) is 13. The minimum atomic E-state index is -0.847. The molecule has 174 valence electrons. The Morgan fingerprint density at radius 3 is 2.47 bits per heavy atom. The van der Waals surface area contributed by atoms with Crippen LogP contribution in [-0.4, -0.2) is 74.6 Å². The maximum absolute atomic E-state index is 12.6. The van der Waals surface area contributed by atoms with E-state index in [1.54, 1.807) is 0 Å². The lowest BCUT2D eigenvalue weighted by Crippen LogP contribution is -2.30. The van der Waals surface area contributed by atoms with E-state index in [-0.39, 0.29) is 53.3 Å². The Labute approximate surface area is 186 Å². The number of ether oxygens (including phenoxy) is 3. The maximum Gasteiger partial charge on any atom is 0.381 e. The summed E-state index contributed by atoms with van der Waals surface area (Å²) in [5.41, 5.74) is -0.287. The van der Waals surface area contributed by atoms with Crippen LogP contribution in [0.5, 0.6) is 5.75 Å². The molecule has 0 bridgehead atoms. The Balaban J connectivity index is 2.21. The van der Waals surface area contributed by atoms with Gasteiger partial charge in [0.15, 0.2) is 5.76 Å². The lowest BCUT2D eigenvalue weighted by Gasteiger charge is -2.19. The van der Waals surface area contributed by atoms with Gasteiger partial charge >= 0.3 is 5.63 Å². The molecule has 32 heavy (non-hydrogen) atoms. The van der Waals surface area contributed by atoms with E-state index in [4.69, 9.17) is 24.0 Å². The van der Waals surface area contributed by atoms with E-state index < -0.39 is 11.5 Å². The van der Waals surface area contributed by atoms with Crippen molar-refractivity contribution in [2.24, 2.45) is 0 Å². The summed E-state index contributed by atoms with van der Waals surface area (Å²) in [7, 11) is 4.35. The van der Waals surface area contributed by atoms with Gasteiger partial charge in [0.05, 0.1) is 38.7 Å². The second-order valence-corrected chi connectivity index (χ2v) is 7.08. The van der Waals surface area contributed by atoms with Crippen molar-refractivity contribution in [3.63, 3.8) is 0 Å². The molecular formula is C18H24N6O7S. The van der Waals surface area contributed by atoms with Gasteiger partial charge in [0.25, 0.3) is 5.91 Å². The summed E-state index contributed by atoms with van der Waals surface area (Å²) in [6.07, 6.45) is 2.35. The molecule has 0 saturated carbocycles. The standard InChI is InChI=1S/C18H24N6O7S/c1-28-8-11(9-29-2)20-12-6-13(31-16(27)14(12)30-3)15(26)22-18-24-23-17(32-18)21-10(7-25)4-5-19/h4-6,11,19-20,25H,7-9H2,1-3H3,(H,21,23)(H,22,24,26)/b10-4-,19-5?. The van der Waals surface area contributed by atoms with Crippen LogP contribution in [0, 0.1) is 5.41 Å². The second-order valence-electron chi connectivity index (χ2n) is 6.11. The minimum Gasteiger partial charge on any atom is -0.488 e. The third-order valence-corrected chi connectivity index (χ3v) is 4.55. The highest BCUT2D eigenvalue weighted by Crippen LogP contribution is 2.25. The molecule has 0 aromatic carbocycles. The number of methoxy groups -OCH3 is 3. The van der Waals surface area contributed by atoms with Crippen LogP contribution in [0.3, 0.4) is 0 Å². The van der Waals surface area contributed by atoms with Crippen molar-refractivity contribution in [1.82, 2.24) is 10.2 Å². The summed E-state index contributed by atoms with van der Waals surface area (Å²) in [5, 5.41) is 32.6. The van der Waals surface area contributed by atoms with Gasteiger partial charge in [0.1, 0.15) is 0 Å². The summed E-state index contributed by atoms with van der Waals surface area (Å²) in [5.74, 6) is -1.12. The van der Waals surface area contributed by atoms with Gasteiger partial charge in [-0.1, -0.05) is 11.3 Å². The Morgan fingerprint density at radius 1 is 1.25 bits per heavy atom. The zero-order chi connectivity index (χ0) is 23.5. The fraction of sp³-hybridized carbons (Fsp3) is 0.389. The van der Waals surface area contributed by atoms with Crippen LogP contribution in [0.4, 0.5) is 16.0 Å². The molecule has 5 N–H and O–H groups in total. The predicted octanol–water partition coefficient (Wildman–Crippen LogP) is 0.763. The molecule has 2 heterocycles. The summed E-state index contributed by atoms with van der Waals surface area (Å²) in [6.45, 7) is 0.222. The van der Waals surface area contributed by atoms with Gasteiger partial charge in [-0.05, 0) is 6.08 Å². The number of allylic oxidation sites excluding steroid dienone is 1. The van der Waals surface area contributed by atoms with E-state index >= 15 is 0 Å².